The van der Waals surface area contributed by atoms with Crippen LogP contribution < -0.4 is 15.2 Å². The maximum atomic E-state index is 11.8. The van der Waals surface area contributed by atoms with Gasteiger partial charge in [0.1, 0.15) is 5.82 Å². The van der Waals surface area contributed by atoms with Crippen LogP contribution in [-0.4, -0.2) is 33.3 Å². The molecule has 1 aliphatic rings. The molecule has 7 heteroatoms. The van der Waals surface area contributed by atoms with E-state index in [0.717, 1.165) is 0 Å². The Morgan fingerprint density at radius 1 is 1.37 bits per heavy atom. The zero-order chi connectivity index (χ0) is 13.2. The van der Waals surface area contributed by atoms with Crippen molar-refractivity contribution in [2.45, 2.75) is 12.8 Å². The summed E-state index contributed by atoms with van der Waals surface area (Å²) in [5, 5.41) is 15.2. The third-order valence-electron chi connectivity index (χ3n) is 2.91. The third-order valence-corrected chi connectivity index (χ3v) is 2.91. The Balaban J connectivity index is 2.01. The van der Waals surface area contributed by atoms with E-state index in [2.05, 4.69) is 10.2 Å². The van der Waals surface area contributed by atoms with Crippen LogP contribution in [0.25, 0.3) is 5.69 Å². The molecule has 2 aromatic rings. The summed E-state index contributed by atoms with van der Waals surface area (Å²) in [6.45, 7) is 0.249. The molecule has 100 valence electrons. The molecule has 0 saturated heterocycles. The van der Waals surface area contributed by atoms with E-state index in [9.17, 15) is 4.79 Å². The first kappa shape index (κ1) is 11.8. The molecule has 0 saturated carbocycles. The minimum Gasteiger partial charge on any atom is -0.454 e. The van der Waals surface area contributed by atoms with Gasteiger partial charge in [-0.1, -0.05) is 0 Å². The van der Waals surface area contributed by atoms with Gasteiger partial charge in [-0.2, -0.15) is 5.10 Å². The van der Waals surface area contributed by atoms with Crippen molar-refractivity contribution in [2.75, 3.05) is 13.4 Å². The highest BCUT2D eigenvalue weighted by atomic mass is 16.7. The predicted molar refractivity (Wildman–Crippen MR) is 65.7 cm³/mol. The fourth-order valence-corrected chi connectivity index (χ4v) is 2.03. The van der Waals surface area contributed by atoms with E-state index < -0.39 is 0 Å². The predicted octanol–water partition coefficient (Wildman–Crippen LogP) is 0.214. The van der Waals surface area contributed by atoms with Gasteiger partial charge in [0.2, 0.25) is 6.79 Å². The van der Waals surface area contributed by atoms with E-state index in [-0.39, 0.29) is 19.1 Å². The molecule has 2 N–H and O–H groups in total. The van der Waals surface area contributed by atoms with Crippen LogP contribution in [0.15, 0.2) is 23.0 Å². The third kappa shape index (κ3) is 2.08. The lowest BCUT2D eigenvalue weighted by Gasteiger charge is -2.06. The van der Waals surface area contributed by atoms with Crippen molar-refractivity contribution in [3.63, 3.8) is 0 Å². The summed E-state index contributed by atoms with van der Waals surface area (Å²) in [6, 6.07) is 5.27. The zero-order valence-electron chi connectivity index (χ0n) is 10.1. The largest absolute Gasteiger partial charge is 0.454 e. The van der Waals surface area contributed by atoms with Crippen molar-refractivity contribution >= 4 is 0 Å². The number of rotatable bonds is 4. The second-order valence-corrected chi connectivity index (χ2v) is 4.15. The molecule has 0 spiro atoms. The quantitative estimate of drug-likeness (QED) is 0.823. The highest BCUT2D eigenvalue weighted by Crippen LogP contribution is 2.33. The van der Waals surface area contributed by atoms with Crippen molar-refractivity contribution < 1.29 is 14.6 Å². The molecule has 2 heterocycles. The molecule has 0 amide bonds. The van der Waals surface area contributed by atoms with Crippen LogP contribution in [0.5, 0.6) is 11.5 Å². The zero-order valence-corrected chi connectivity index (χ0v) is 10.1. The SMILES string of the molecule is O=c1[nH]nc(CCCO)n1-c1ccc2c(c1)OCO2. The van der Waals surface area contributed by atoms with Gasteiger partial charge in [0.05, 0.1) is 5.69 Å². The number of aliphatic hydroxyl groups is 1. The Morgan fingerprint density at radius 3 is 3.05 bits per heavy atom. The molecule has 0 fully saturated rings. The first-order chi connectivity index (χ1) is 9.29. The lowest BCUT2D eigenvalue weighted by Crippen LogP contribution is -2.17. The molecule has 19 heavy (non-hydrogen) atoms. The van der Waals surface area contributed by atoms with E-state index in [1.54, 1.807) is 18.2 Å². The second-order valence-electron chi connectivity index (χ2n) is 4.15. The highest BCUT2D eigenvalue weighted by Gasteiger charge is 2.16. The molecule has 0 aliphatic carbocycles. The lowest BCUT2D eigenvalue weighted by atomic mass is 10.2. The van der Waals surface area contributed by atoms with Crippen LogP contribution in [0, 0.1) is 0 Å². The Kier molecular flexibility index (Phi) is 2.96. The lowest BCUT2D eigenvalue weighted by molar-refractivity contribution is 0.174. The molecule has 0 unspecified atom stereocenters. The number of hydrogen-bond acceptors (Lipinski definition) is 5. The molecular formula is C12H13N3O4. The number of benzene rings is 1. The van der Waals surface area contributed by atoms with Crippen LogP contribution in [0.3, 0.4) is 0 Å². The van der Waals surface area contributed by atoms with Gasteiger partial charge in [-0.25, -0.2) is 14.5 Å². The standard InChI is InChI=1S/C12H13N3O4/c16-5-1-2-11-13-14-12(17)15(11)8-3-4-9-10(6-8)19-7-18-9/h3-4,6,16H,1-2,5,7H2,(H,14,17). The first-order valence-electron chi connectivity index (χ1n) is 5.97. The van der Waals surface area contributed by atoms with Gasteiger partial charge in [0.15, 0.2) is 11.5 Å². The fourth-order valence-electron chi connectivity index (χ4n) is 2.03. The van der Waals surface area contributed by atoms with Crippen LogP contribution >= 0.6 is 0 Å². The Hall–Kier alpha value is -2.28. The van der Waals surface area contributed by atoms with E-state index in [0.29, 0.717) is 35.9 Å². The summed E-state index contributed by atoms with van der Waals surface area (Å²) in [5.41, 5.74) is 0.350. The number of aliphatic hydroxyl groups excluding tert-OH is 1. The molecule has 1 aromatic heterocycles. The van der Waals surface area contributed by atoms with E-state index in [1.807, 2.05) is 0 Å². The number of aromatic amines is 1. The molecular weight excluding hydrogens is 250 g/mol. The molecule has 1 aromatic carbocycles. The first-order valence-corrected chi connectivity index (χ1v) is 5.97. The summed E-state index contributed by atoms with van der Waals surface area (Å²) >= 11 is 0. The van der Waals surface area contributed by atoms with Gasteiger partial charge in [-0.3, -0.25) is 0 Å². The van der Waals surface area contributed by atoms with Crippen LogP contribution in [0.2, 0.25) is 0 Å². The number of aromatic nitrogens is 3. The van der Waals surface area contributed by atoms with Gasteiger partial charge in [0, 0.05) is 19.1 Å². The van der Waals surface area contributed by atoms with Crippen LogP contribution in [-0.2, 0) is 6.42 Å². The van der Waals surface area contributed by atoms with Crippen LogP contribution in [0.1, 0.15) is 12.2 Å². The number of ether oxygens (including phenoxy) is 2. The maximum absolute atomic E-state index is 11.8. The average Bonchev–Trinajstić information content (AvgIpc) is 3.01. The average molecular weight is 263 g/mol. The summed E-state index contributed by atoms with van der Waals surface area (Å²) in [5.74, 6) is 1.86. The Bertz CT molecular complexity index is 647. The minimum absolute atomic E-state index is 0.0577. The number of hydrogen-bond donors (Lipinski definition) is 2. The minimum atomic E-state index is -0.313. The summed E-state index contributed by atoms with van der Waals surface area (Å²) in [4.78, 5) is 11.8. The fraction of sp³-hybridized carbons (Fsp3) is 0.333. The van der Waals surface area contributed by atoms with Gasteiger partial charge in [-0.05, 0) is 18.6 Å². The monoisotopic (exact) mass is 263 g/mol. The Morgan fingerprint density at radius 2 is 2.21 bits per heavy atom. The van der Waals surface area contributed by atoms with Gasteiger partial charge in [-0.15, -0.1) is 0 Å². The highest BCUT2D eigenvalue weighted by molar-refractivity contribution is 5.50. The van der Waals surface area contributed by atoms with Crippen molar-refractivity contribution in [3.8, 4) is 17.2 Å². The number of aryl methyl sites for hydroxylation is 1. The molecule has 1 aliphatic heterocycles. The summed E-state index contributed by atoms with van der Waals surface area (Å²) < 4.78 is 12.0. The molecule has 0 bridgehead atoms. The number of nitrogens with zero attached hydrogens (tertiary/aromatic N) is 2. The van der Waals surface area contributed by atoms with E-state index in [1.165, 1.54) is 4.57 Å². The molecule has 7 nitrogen and oxygen atoms in total. The van der Waals surface area contributed by atoms with Crippen molar-refractivity contribution in [1.29, 1.82) is 0 Å². The molecule has 0 radical (unpaired) electrons. The smallest absolute Gasteiger partial charge is 0.347 e. The number of fused-ring (bicyclic) bond motifs is 1. The van der Waals surface area contributed by atoms with Crippen molar-refractivity contribution in [3.05, 3.63) is 34.5 Å². The topological polar surface area (TPSA) is 89.4 Å². The summed E-state index contributed by atoms with van der Waals surface area (Å²) in [7, 11) is 0. The van der Waals surface area contributed by atoms with Crippen molar-refractivity contribution in [2.24, 2.45) is 0 Å². The molecule has 3 rings (SSSR count). The van der Waals surface area contributed by atoms with Gasteiger partial charge < -0.3 is 14.6 Å². The second kappa shape index (κ2) is 4.77. The normalized spacial score (nSPS) is 12.9. The van der Waals surface area contributed by atoms with E-state index in [4.69, 9.17) is 14.6 Å². The van der Waals surface area contributed by atoms with E-state index >= 15 is 0 Å². The summed E-state index contributed by atoms with van der Waals surface area (Å²) in [6.07, 6.45) is 1.07. The van der Waals surface area contributed by atoms with Crippen LogP contribution in [0.4, 0.5) is 0 Å². The van der Waals surface area contributed by atoms with Gasteiger partial charge in [0.25, 0.3) is 0 Å². The van der Waals surface area contributed by atoms with Gasteiger partial charge >= 0.3 is 5.69 Å². The number of H-pyrrole nitrogens is 1. The maximum Gasteiger partial charge on any atom is 0.347 e. The Labute approximate surface area is 108 Å². The number of nitrogens with one attached hydrogen (secondary N) is 1. The van der Waals surface area contributed by atoms with Crippen molar-refractivity contribution in [1.82, 2.24) is 14.8 Å². The molecule has 0 atom stereocenters.